The Bertz CT molecular complexity index is 573. The molecule has 4 nitrogen and oxygen atoms in total. The minimum absolute atomic E-state index is 0.0798. The average molecular weight is 387 g/mol. The molecule has 1 N–H and O–H groups in total. The zero-order valence-corrected chi connectivity index (χ0v) is 16.8. The van der Waals surface area contributed by atoms with Crippen LogP contribution in [0.5, 0.6) is 0 Å². The summed E-state index contributed by atoms with van der Waals surface area (Å²) in [5.74, 6) is 0.0501. The summed E-state index contributed by atoms with van der Waals surface area (Å²) in [6, 6.07) is 5.02. The number of halogens is 2. The van der Waals surface area contributed by atoms with Crippen LogP contribution in [0.15, 0.2) is 18.2 Å². The van der Waals surface area contributed by atoms with E-state index in [9.17, 15) is 9.59 Å². The number of carbonyl (C=O) groups excluding carboxylic acids is 2. The van der Waals surface area contributed by atoms with Crippen molar-refractivity contribution < 1.29 is 9.59 Å². The highest BCUT2D eigenvalue weighted by molar-refractivity contribution is 6.35. The molecule has 0 saturated carbocycles. The number of nitrogens with one attached hydrogen (secondary N) is 1. The molecule has 6 heteroatoms. The number of rotatable bonds is 10. The van der Waals surface area contributed by atoms with E-state index in [1.54, 1.807) is 12.1 Å². The summed E-state index contributed by atoms with van der Waals surface area (Å²) in [6.07, 6.45) is 3.18. The maximum absolute atomic E-state index is 12.2. The molecule has 1 atom stereocenters. The topological polar surface area (TPSA) is 49.4 Å². The minimum atomic E-state index is -0.204. The van der Waals surface area contributed by atoms with Crippen molar-refractivity contribution in [1.29, 1.82) is 0 Å². The van der Waals surface area contributed by atoms with E-state index in [-0.39, 0.29) is 17.9 Å². The van der Waals surface area contributed by atoms with Gasteiger partial charge in [-0.1, -0.05) is 43.1 Å². The quantitative estimate of drug-likeness (QED) is 0.615. The molecule has 0 bridgehead atoms. The highest BCUT2D eigenvalue weighted by atomic mass is 35.5. The zero-order chi connectivity index (χ0) is 18.8. The van der Waals surface area contributed by atoms with Crippen LogP contribution in [0, 0.1) is 0 Å². The summed E-state index contributed by atoms with van der Waals surface area (Å²) in [6.45, 7) is 7.57. The van der Waals surface area contributed by atoms with Gasteiger partial charge in [0, 0.05) is 36.0 Å². The summed E-state index contributed by atoms with van der Waals surface area (Å²) >= 11 is 12.1. The van der Waals surface area contributed by atoms with E-state index in [0.717, 1.165) is 31.5 Å². The molecule has 0 fully saturated rings. The fourth-order valence-electron chi connectivity index (χ4n) is 2.70. The van der Waals surface area contributed by atoms with Crippen LogP contribution in [-0.2, 0) is 9.59 Å². The van der Waals surface area contributed by atoms with Crippen LogP contribution in [0.1, 0.15) is 64.5 Å². The molecule has 0 aliphatic heterocycles. The van der Waals surface area contributed by atoms with Gasteiger partial charge in [-0.2, -0.15) is 0 Å². The Morgan fingerprint density at radius 3 is 2.32 bits per heavy atom. The van der Waals surface area contributed by atoms with Crippen molar-refractivity contribution in [3.63, 3.8) is 0 Å². The lowest BCUT2D eigenvalue weighted by Gasteiger charge is -2.21. The molecule has 1 unspecified atom stereocenters. The van der Waals surface area contributed by atoms with Gasteiger partial charge in [0.05, 0.1) is 6.04 Å². The Labute approximate surface area is 160 Å². The van der Waals surface area contributed by atoms with Crippen molar-refractivity contribution in [1.82, 2.24) is 10.2 Å². The predicted octanol–water partition coefficient (Wildman–Crippen LogP) is 4.99. The van der Waals surface area contributed by atoms with Gasteiger partial charge in [-0.25, -0.2) is 0 Å². The van der Waals surface area contributed by atoms with Crippen LogP contribution in [0.4, 0.5) is 0 Å². The molecule has 1 aromatic carbocycles. The smallest absolute Gasteiger partial charge is 0.222 e. The lowest BCUT2D eigenvalue weighted by Crippen LogP contribution is -2.32. The number of benzene rings is 1. The third-order valence-corrected chi connectivity index (χ3v) is 4.50. The van der Waals surface area contributed by atoms with Crippen molar-refractivity contribution in [2.24, 2.45) is 0 Å². The molecule has 140 valence electrons. The largest absolute Gasteiger partial charge is 0.350 e. The van der Waals surface area contributed by atoms with Crippen LogP contribution in [0.25, 0.3) is 0 Å². The molecule has 0 aromatic heterocycles. The van der Waals surface area contributed by atoms with E-state index in [1.807, 2.05) is 17.9 Å². The first kappa shape index (κ1) is 21.8. The van der Waals surface area contributed by atoms with E-state index in [2.05, 4.69) is 19.2 Å². The third kappa shape index (κ3) is 7.66. The van der Waals surface area contributed by atoms with Gasteiger partial charge >= 0.3 is 0 Å². The van der Waals surface area contributed by atoms with Crippen molar-refractivity contribution >= 4 is 35.0 Å². The first-order valence-corrected chi connectivity index (χ1v) is 9.66. The second-order valence-electron chi connectivity index (χ2n) is 6.19. The zero-order valence-electron chi connectivity index (χ0n) is 15.3. The van der Waals surface area contributed by atoms with E-state index in [1.165, 1.54) is 0 Å². The number of carbonyl (C=O) groups is 2. The molecule has 1 rings (SSSR count). The molecule has 0 saturated heterocycles. The third-order valence-electron chi connectivity index (χ3n) is 3.94. The Morgan fingerprint density at radius 1 is 1.12 bits per heavy atom. The summed E-state index contributed by atoms with van der Waals surface area (Å²) in [5, 5.41) is 4.02. The van der Waals surface area contributed by atoms with Gasteiger partial charge in [-0.3, -0.25) is 9.59 Å². The van der Waals surface area contributed by atoms with Crippen LogP contribution in [-0.4, -0.2) is 29.8 Å². The fraction of sp³-hybridized carbons (Fsp3) is 0.579. The van der Waals surface area contributed by atoms with Gasteiger partial charge in [0.1, 0.15) is 0 Å². The molecule has 0 radical (unpaired) electrons. The highest BCUT2D eigenvalue weighted by Gasteiger charge is 2.15. The van der Waals surface area contributed by atoms with Crippen molar-refractivity contribution in [2.45, 2.75) is 58.9 Å². The molecule has 1 aromatic rings. The van der Waals surface area contributed by atoms with Gasteiger partial charge in [0.2, 0.25) is 11.8 Å². The normalized spacial score (nSPS) is 11.9. The Balaban J connectivity index is 2.42. The van der Waals surface area contributed by atoms with E-state index >= 15 is 0 Å². The van der Waals surface area contributed by atoms with Crippen molar-refractivity contribution in [3.8, 4) is 0 Å². The summed E-state index contributed by atoms with van der Waals surface area (Å²) in [7, 11) is 0. The van der Waals surface area contributed by atoms with Gasteiger partial charge in [-0.05, 0) is 43.9 Å². The first-order chi connectivity index (χ1) is 11.9. The predicted molar refractivity (Wildman–Crippen MR) is 104 cm³/mol. The van der Waals surface area contributed by atoms with Crippen LogP contribution < -0.4 is 5.32 Å². The van der Waals surface area contributed by atoms with Gasteiger partial charge < -0.3 is 10.2 Å². The Morgan fingerprint density at radius 2 is 1.76 bits per heavy atom. The van der Waals surface area contributed by atoms with Gasteiger partial charge in [0.15, 0.2) is 0 Å². The van der Waals surface area contributed by atoms with Crippen LogP contribution in [0.2, 0.25) is 10.0 Å². The van der Waals surface area contributed by atoms with Crippen LogP contribution >= 0.6 is 23.2 Å². The molecule has 2 amide bonds. The number of amides is 2. The van der Waals surface area contributed by atoms with E-state index in [0.29, 0.717) is 29.3 Å². The maximum Gasteiger partial charge on any atom is 0.222 e. The van der Waals surface area contributed by atoms with Gasteiger partial charge in [-0.15, -0.1) is 0 Å². The molecule has 0 heterocycles. The first-order valence-electron chi connectivity index (χ1n) is 8.91. The second-order valence-corrected chi connectivity index (χ2v) is 7.03. The summed E-state index contributed by atoms with van der Waals surface area (Å²) < 4.78 is 0. The van der Waals surface area contributed by atoms with Crippen molar-refractivity contribution in [3.05, 3.63) is 33.8 Å². The van der Waals surface area contributed by atoms with Gasteiger partial charge in [0.25, 0.3) is 0 Å². The van der Waals surface area contributed by atoms with E-state index < -0.39 is 0 Å². The number of hydrogen-bond donors (Lipinski definition) is 1. The second kappa shape index (κ2) is 11.4. The maximum atomic E-state index is 12.2. The van der Waals surface area contributed by atoms with Crippen LogP contribution in [0.3, 0.4) is 0 Å². The highest BCUT2D eigenvalue weighted by Crippen LogP contribution is 2.26. The minimum Gasteiger partial charge on any atom is -0.350 e. The standard InChI is InChI=1S/C19H28Cl2N2O2/c1-4-11-23(12-5-2)19(25)8-6-7-18(24)22-14(3)16-10-9-15(20)13-17(16)21/h9-10,13-14H,4-8,11-12H2,1-3H3,(H,22,24). The number of hydrogen-bond acceptors (Lipinski definition) is 2. The molecule has 25 heavy (non-hydrogen) atoms. The molecular weight excluding hydrogens is 359 g/mol. The molecular formula is C19H28Cl2N2O2. The Kier molecular flexibility index (Phi) is 9.91. The SMILES string of the molecule is CCCN(CCC)C(=O)CCCC(=O)NC(C)c1ccc(Cl)cc1Cl. The molecule has 0 aliphatic rings. The lowest BCUT2D eigenvalue weighted by atomic mass is 10.1. The average Bonchev–Trinajstić information content (AvgIpc) is 2.54. The summed E-state index contributed by atoms with van der Waals surface area (Å²) in [4.78, 5) is 26.2. The Hall–Kier alpha value is -1.26. The number of nitrogens with zero attached hydrogens (tertiary/aromatic N) is 1. The van der Waals surface area contributed by atoms with E-state index in [4.69, 9.17) is 23.2 Å². The molecule has 0 spiro atoms. The molecule has 0 aliphatic carbocycles. The summed E-state index contributed by atoms with van der Waals surface area (Å²) in [5.41, 5.74) is 0.826. The monoisotopic (exact) mass is 386 g/mol. The van der Waals surface area contributed by atoms with Crippen molar-refractivity contribution in [2.75, 3.05) is 13.1 Å². The fourth-order valence-corrected chi connectivity index (χ4v) is 3.28. The lowest BCUT2D eigenvalue weighted by molar-refractivity contribution is -0.131.